The Morgan fingerprint density at radius 1 is 1.25 bits per heavy atom. The molecule has 0 spiro atoms. The van der Waals surface area contributed by atoms with Gasteiger partial charge in [-0.15, -0.1) is 0 Å². The molecule has 0 saturated heterocycles. The van der Waals surface area contributed by atoms with Crippen molar-refractivity contribution in [1.29, 1.82) is 0 Å². The topological polar surface area (TPSA) is 14.2 Å². The largest absolute Gasteiger partial charge is 0.496 e. The summed E-state index contributed by atoms with van der Waals surface area (Å²) in [4.78, 5) is 0. The van der Waals surface area contributed by atoms with Crippen molar-refractivity contribution in [3.8, 4) is 5.75 Å². The molecule has 2 nitrogen and oxygen atoms in total. The molecule has 0 bridgehead atoms. The minimum Gasteiger partial charge on any atom is -0.496 e. The Kier molecular flexibility index (Phi) is 3.88. The van der Waals surface area contributed by atoms with Crippen LogP contribution < -0.4 is 4.74 Å². The van der Waals surface area contributed by atoms with Crippen molar-refractivity contribution in [1.82, 2.24) is 4.57 Å². The van der Waals surface area contributed by atoms with Crippen LogP contribution in [-0.2, 0) is 6.54 Å². The zero-order valence-electron chi connectivity index (χ0n) is 9.45. The number of ether oxygens (including phenoxy) is 1. The summed E-state index contributed by atoms with van der Waals surface area (Å²) in [6, 6.07) is 8.32. The molecule has 86 valence electrons. The molecule has 0 radical (unpaired) electrons. The maximum absolute atomic E-state index is 5.35. The van der Waals surface area contributed by atoms with Gasteiger partial charge in [0.15, 0.2) is 0 Å². The molecule has 2 aromatic rings. The quantitative estimate of drug-likeness (QED) is 0.600. The van der Waals surface area contributed by atoms with E-state index in [0.29, 0.717) is 0 Å². The lowest BCUT2D eigenvalue weighted by atomic mass is 10.2. The molecule has 16 heavy (non-hydrogen) atoms. The molecule has 0 unspecified atom stereocenters. The molecule has 0 amide bonds. The molecule has 2 rings (SSSR count). The normalized spacial score (nSPS) is 10.9. The fourth-order valence-electron chi connectivity index (χ4n) is 1.94. The van der Waals surface area contributed by atoms with Gasteiger partial charge in [0.2, 0.25) is 0 Å². The first-order valence-electron chi connectivity index (χ1n) is 5.54. The van der Waals surface area contributed by atoms with E-state index in [1.165, 1.54) is 23.7 Å². The zero-order chi connectivity index (χ0) is 11.4. The van der Waals surface area contributed by atoms with Crippen LogP contribution in [0.15, 0.2) is 30.5 Å². The van der Waals surface area contributed by atoms with Crippen LogP contribution in [0.1, 0.15) is 12.8 Å². The van der Waals surface area contributed by atoms with Gasteiger partial charge in [0.05, 0.1) is 12.6 Å². The molecule has 0 aliphatic heterocycles. The highest BCUT2D eigenvalue weighted by atomic mass is 79.9. The third-order valence-corrected chi connectivity index (χ3v) is 3.34. The lowest BCUT2D eigenvalue weighted by molar-refractivity contribution is 0.420. The van der Waals surface area contributed by atoms with E-state index >= 15 is 0 Å². The molecule has 0 saturated carbocycles. The Morgan fingerprint density at radius 2 is 2.12 bits per heavy atom. The number of aromatic nitrogens is 1. The van der Waals surface area contributed by atoms with Crippen LogP contribution in [0, 0.1) is 0 Å². The predicted octanol–water partition coefficient (Wildman–Crippen LogP) is 3.83. The molecule has 0 atom stereocenters. The van der Waals surface area contributed by atoms with Crippen LogP contribution in [0.4, 0.5) is 0 Å². The molecular formula is C13H16BrNO. The van der Waals surface area contributed by atoms with Crippen molar-refractivity contribution in [2.75, 3.05) is 12.4 Å². The van der Waals surface area contributed by atoms with Gasteiger partial charge in [-0.3, -0.25) is 0 Å². The molecule has 0 aliphatic rings. The van der Waals surface area contributed by atoms with E-state index in [1.54, 1.807) is 7.11 Å². The van der Waals surface area contributed by atoms with Gasteiger partial charge >= 0.3 is 0 Å². The summed E-state index contributed by atoms with van der Waals surface area (Å²) in [6.45, 7) is 1.07. The average Bonchev–Trinajstić information content (AvgIpc) is 2.73. The monoisotopic (exact) mass is 281 g/mol. The van der Waals surface area contributed by atoms with Crippen molar-refractivity contribution in [3.63, 3.8) is 0 Å². The Labute approximate surface area is 104 Å². The summed E-state index contributed by atoms with van der Waals surface area (Å²) in [5, 5.41) is 2.28. The number of hydrogen-bond acceptors (Lipinski definition) is 1. The number of nitrogens with zero attached hydrogens (tertiary/aromatic N) is 1. The lowest BCUT2D eigenvalue weighted by Crippen LogP contribution is -1.96. The highest BCUT2D eigenvalue weighted by Gasteiger charge is 2.04. The first-order valence-corrected chi connectivity index (χ1v) is 6.67. The molecule has 1 aromatic heterocycles. The van der Waals surface area contributed by atoms with E-state index in [9.17, 15) is 0 Å². The standard InChI is InChI=1S/C13H16BrNO/c1-16-13-6-4-5-12-11(13)7-10-15(12)9-3-2-8-14/h4-7,10H,2-3,8-9H2,1H3. The molecule has 0 fully saturated rings. The predicted molar refractivity (Wildman–Crippen MR) is 71.5 cm³/mol. The fourth-order valence-corrected chi connectivity index (χ4v) is 2.34. The van der Waals surface area contributed by atoms with Crippen LogP contribution in [0.2, 0.25) is 0 Å². The summed E-state index contributed by atoms with van der Waals surface area (Å²) < 4.78 is 7.64. The number of benzene rings is 1. The average molecular weight is 282 g/mol. The first-order chi connectivity index (χ1) is 7.86. The Balaban J connectivity index is 2.27. The smallest absolute Gasteiger partial charge is 0.128 e. The SMILES string of the molecule is COc1cccc2c1ccn2CCCCBr. The molecule has 1 heterocycles. The number of halogens is 1. The summed E-state index contributed by atoms with van der Waals surface area (Å²) >= 11 is 3.46. The first kappa shape index (κ1) is 11.5. The van der Waals surface area contributed by atoms with E-state index in [0.717, 1.165) is 17.6 Å². The van der Waals surface area contributed by atoms with Crippen LogP contribution >= 0.6 is 15.9 Å². The summed E-state index contributed by atoms with van der Waals surface area (Å²) in [7, 11) is 1.72. The van der Waals surface area contributed by atoms with Crippen LogP contribution in [-0.4, -0.2) is 17.0 Å². The maximum atomic E-state index is 5.35. The van der Waals surface area contributed by atoms with Gasteiger partial charge in [-0.1, -0.05) is 22.0 Å². The molecule has 1 aromatic carbocycles. The summed E-state index contributed by atoms with van der Waals surface area (Å²) in [6.07, 6.45) is 4.55. The Morgan fingerprint density at radius 3 is 2.88 bits per heavy atom. The minimum atomic E-state index is 0.955. The molecule has 0 N–H and O–H groups in total. The van der Waals surface area contributed by atoms with E-state index in [4.69, 9.17) is 4.74 Å². The number of fused-ring (bicyclic) bond motifs is 1. The van der Waals surface area contributed by atoms with Gasteiger partial charge in [-0.25, -0.2) is 0 Å². The number of alkyl halides is 1. The van der Waals surface area contributed by atoms with Crippen molar-refractivity contribution in [2.24, 2.45) is 0 Å². The van der Waals surface area contributed by atoms with Gasteiger partial charge in [0, 0.05) is 23.5 Å². The zero-order valence-corrected chi connectivity index (χ0v) is 11.0. The minimum absolute atomic E-state index is 0.955. The number of rotatable bonds is 5. The van der Waals surface area contributed by atoms with Crippen LogP contribution in [0.5, 0.6) is 5.75 Å². The van der Waals surface area contributed by atoms with Crippen LogP contribution in [0.3, 0.4) is 0 Å². The van der Waals surface area contributed by atoms with Crippen molar-refractivity contribution >= 4 is 26.8 Å². The van der Waals surface area contributed by atoms with Crippen molar-refractivity contribution in [3.05, 3.63) is 30.5 Å². The van der Waals surface area contributed by atoms with E-state index < -0.39 is 0 Å². The van der Waals surface area contributed by atoms with E-state index in [-0.39, 0.29) is 0 Å². The van der Waals surface area contributed by atoms with Gasteiger partial charge < -0.3 is 9.30 Å². The second-order valence-corrected chi connectivity index (χ2v) is 4.59. The van der Waals surface area contributed by atoms with Crippen LogP contribution in [0.25, 0.3) is 10.9 Å². The van der Waals surface area contributed by atoms with E-state index in [2.05, 4.69) is 38.8 Å². The van der Waals surface area contributed by atoms with Crippen molar-refractivity contribution < 1.29 is 4.74 Å². The number of hydrogen-bond donors (Lipinski definition) is 0. The second-order valence-electron chi connectivity index (χ2n) is 3.80. The van der Waals surface area contributed by atoms with Gasteiger partial charge in [0.25, 0.3) is 0 Å². The van der Waals surface area contributed by atoms with E-state index in [1.807, 2.05) is 12.1 Å². The Hall–Kier alpha value is -0.960. The van der Waals surface area contributed by atoms with Gasteiger partial charge in [-0.05, 0) is 31.0 Å². The summed E-state index contributed by atoms with van der Waals surface area (Å²) in [5.41, 5.74) is 1.26. The van der Waals surface area contributed by atoms with Gasteiger partial charge in [-0.2, -0.15) is 0 Å². The highest BCUT2D eigenvalue weighted by Crippen LogP contribution is 2.26. The lowest BCUT2D eigenvalue weighted by Gasteiger charge is -2.06. The third-order valence-electron chi connectivity index (χ3n) is 2.78. The summed E-state index contributed by atoms with van der Waals surface area (Å²) in [5.74, 6) is 0.955. The van der Waals surface area contributed by atoms with Gasteiger partial charge in [0.1, 0.15) is 5.75 Å². The number of aryl methyl sites for hydroxylation is 1. The highest BCUT2D eigenvalue weighted by molar-refractivity contribution is 9.09. The fraction of sp³-hybridized carbons (Fsp3) is 0.385. The number of unbranched alkanes of at least 4 members (excludes halogenated alkanes) is 1. The number of methoxy groups -OCH3 is 1. The third kappa shape index (κ3) is 2.24. The maximum Gasteiger partial charge on any atom is 0.128 e. The molecule has 0 aliphatic carbocycles. The van der Waals surface area contributed by atoms with Crippen molar-refractivity contribution in [2.45, 2.75) is 19.4 Å². The Bertz CT molecular complexity index is 464. The second kappa shape index (κ2) is 5.39. The molecule has 3 heteroatoms. The molecular weight excluding hydrogens is 266 g/mol.